The predicted octanol–water partition coefficient (Wildman–Crippen LogP) is 2.53. The van der Waals surface area contributed by atoms with E-state index < -0.39 is 10.8 Å². The highest BCUT2D eigenvalue weighted by atomic mass is 16.6. The SMILES string of the molecule is COc1ccc(C(=O)NNc2ncnc(N3CCCCC3C)c2[N+](=O)[O-])cc1. The number of carbonyl (C=O) groups excluding carboxylic acids is 1. The van der Waals surface area contributed by atoms with Crippen molar-refractivity contribution in [3.63, 3.8) is 0 Å². The first-order valence-corrected chi connectivity index (χ1v) is 8.97. The van der Waals surface area contributed by atoms with E-state index >= 15 is 0 Å². The summed E-state index contributed by atoms with van der Waals surface area (Å²) in [6, 6.07) is 6.62. The van der Waals surface area contributed by atoms with Gasteiger partial charge >= 0.3 is 5.69 Å². The number of nitrogens with one attached hydrogen (secondary N) is 2. The van der Waals surface area contributed by atoms with Gasteiger partial charge in [-0.05, 0) is 50.5 Å². The van der Waals surface area contributed by atoms with Gasteiger partial charge in [0.05, 0.1) is 12.0 Å². The highest BCUT2D eigenvalue weighted by molar-refractivity contribution is 5.95. The van der Waals surface area contributed by atoms with Gasteiger partial charge in [0.25, 0.3) is 5.91 Å². The quantitative estimate of drug-likeness (QED) is 0.573. The van der Waals surface area contributed by atoms with E-state index in [0.29, 0.717) is 17.9 Å². The van der Waals surface area contributed by atoms with Crippen molar-refractivity contribution in [1.82, 2.24) is 15.4 Å². The van der Waals surface area contributed by atoms with Crippen LogP contribution in [0.25, 0.3) is 0 Å². The van der Waals surface area contributed by atoms with Gasteiger partial charge in [-0.1, -0.05) is 0 Å². The zero-order valence-electron chi connectivity index (χ0n) is 15.7. The molecule has 1 aliphatic heterocycles. The van der Waals surface area contributed by atoms with Crippen molar-refractivity contribution < 1.29 is 14.5 Å². The normalized spacial score (nSPS) is 16.4. The molecule has 1 unspecified atom stereocenters. The third kappa shape index (κ3) is 4.11. The number of anilines is 2. The van der Waals surface area contributed by atoms with E-state index in [0.717, 1.165) is 19.3 Å². The lowest BCUT2D eigenvalue weighted by Crippen LogP contribution is -2.38. The molecule has 3 rings (SSSR count). The molecule has 1 aliphatic rings. The van der Waals surface area contributed by atoms with Gasteiger partial charge in [-0.15, -0.1) is 0 Å². The molecule has 0 bridgehead atoms. The van der Waals surface area contributed by atoms with Crippen LogP contribution in [0, 0.1) is 10.1 Å². The minimum atomic E-state index is -0.529. The summed E-state index contributed by atoms with van der Waals surface area (Å²) in [7, 11) is 1.53. The Kier molecular flexibility index (Phi) is 5.87. The summed E-state index contributed by atoms with van der Waals surface area (Å²) in [6.45, 7) is 2.71. The first-order valence-electron chi connectivity index (χ1n) is 8.97. The molecule has 1 aromatic carbocycles. The Bertz CT molecular complexity index is 858. The second-order valence-electron chi connectivity index (χ2n) is 6.50. The fourth-order valence-electron chi connectivity index (χ4n) is 3.18. The fraction of sp³-hybridized carbons (Fsp3) is 0.389. The van der Waals surface area contributed by atoms with Crippen LogP contribution in [0.1, 0.15) is 36.5 Å². The van der Waals surface area contributed by atoms with Crippen molar-refractivity contribution in [2.45, 2.75) is 32.2 Å². The van der Waals surface area contributed by atoms with Crippen molar-refractivity contribution in [1.29, 1.82) is 0 Å². The number of aromatic nitrogens is 2. The minimum absolute atomic E-state index is 0.0605. The molecular formula is C18H22N6O4. The highest BCUT2D eigenvalue weighted by Gasteiger charge is 2.31. The zero-order chi connectivity index (χ0) is 20.1. The van der Waals surface area contributed by atoms with Gasteiger partial charge in [0.1, 0.15) is 12.1 Å². The summed E-state index contributed by atoms with van der Waals surface area (Å²) in [4.78, 5) is 33.5. The van der Waals surface area contributed by atoms with Crippen LogP contribution in [-0.2, 0) is 0 Å². The van der Waals surface area contributed by atoms with Crippen LogP contribution in [0.4, 0.5) is 17.3 Å². The number of nitro groups is 1. The van der Waals surface area contributed by atoms with Crippen molar-refractivity contribution >= 4 is 23.2 Å². The Morgan fingerprint density at radius 1 is 1.29 bits per heavy atom. The lowest BCUT2D eigenvalue weighted by Gasteiger charge is -2.33. The first-order chi connectivity index (χ1) is 13.5. The number of ether oxygens (including phenoxy) is 1. The van der Waals surface area contributed by atoms with Crippen LogP contribution in [0.15, 0.2) is 30.6 Å². The minimum Gasteiger partial charge on any atom is -0.497 e. The van der Waals surface area contributed by atoms with Crippen LogP contribution in [0.2, 0.25) is 0 Å². The van der Waals surface area contributed by atoms with Crippen molar-refractivity contribution in [3.8, 4) is 5.75 Å². The van der Waals surface area contributed by atoms with E-state index in [9.17, 15) is 14.9 Å². The number of benzene rings is 1. The van der Waals surface area contributed by atoms with E-state index in [1.807, 2.05) is 11.8 Å². The fourth-order valence-corrected chi connectivity index (χ4v) is 3.18. The summed E-state index contributed by atoms with van der Waals surface area (Å²) in [5.41, 5.74) is 5.12. The lowest BCUT2D eigenvalue weighted by atomic mass is 10.0. The summed E-state index contributed by atoms with van der Waals surface area (Å²) in [5, 5.41) is 11.7. The van der Waals surface area contributed by atoms with Crippen LogP contribution in [0.5, 0.6) is 5.75 Å². The molecule has 148 valence electrons. The van der Waals surface area contributed by atoms with Crippen LogP contribution >= 0.6 is 0 Å². The average molecular weight is 386 g/mol. The smallest absolute Gasteiger partial charge is 0.355 e. The number of hydrogen-bond donors (Lipinski definition) is 2. The number of carbonyl (C=O) groups is 1. The van der Waals surface area contributed by atoms with Gasteiger partial charge in [0.2, 0.25) is 11.6 Å². The second-order valence-corrected chi connectivity index (χ2v) is 6.50. The molecule has 2 heterocycles. The summed E-state index contributed by atoms with van der Waals surface area (Å²) in [6.07, 6.45) is 4.23. The third-order valence-electron chi connectivity index (χ3n) is 4.71. The molecule has 0 spiro atoms. The maximum atomic E-state index is 12.3. The molecule has 0 saturated carbocycles. The monoisotopic (exact) mass is 386 g/mol. The molecule has 2 aromatic rings. The Hall–Kier alpha value is -3.43. The molecule has 28 heavy (non-hydrogen) atoms. The topological polar surface area (TPSA) is 123 Å². The molecule has 0 aliphatic carbocycles. The Balaban J connectivity index is 1.80. The van der Waals surface area contributed by atoms with Crippen LogP contribution in [-0.4, -0.2) is 40.5 Å². The Morgan fingerprint density at radius 2 is 2.04 bits per heavy atom. The van der Waals surface area contributed by atoms with Crippen molar-refractivity contribution in [2.75, 3.05) is 24.0 Å². The number of methoxy groups -OCH3 is 1. The maximum Gasteiger partial charge on any atom is 0.355 e. The Labute approximate surface area is 162 Å². The molecule has 1 aromatic heterocycles. The molecule has 1 saturated heterocycles. The van der Waals surface area contributed by atoms with Gasteiger partial charge in [-0.2, -0.15) is 0 Å². The van der Waals surface area contributed by atoms with E-state index in [1.54, 1.807) is 24.3 Å². The van der Waals surface area contributed by atoms with Crippen molar-refractivity contribution in [2.24, 2.45) is 0 Å². The van der Waals surface area contributed by atoms with Gasteiger partial charge in [0, 0.05) is 18.2 Å². The predicted molar refractivity (Wildman–Crippen MR) is 103 cm³/mol. The highest BCUT2D eigenvalue weighted by Crippen LogP contribution is 2.34. The standard InChI is InChI=1S/C18H22N6O4/c1-12-5-3-4-10-23(12)17-15(24(26)27)16(19-11-20-17)21-22-18(25)13-6-8-14(28-2)9-7-13/h6-9,11-12H,3-5,10H2,1-2H3,(H,22,25)(H,19,20,21). The molecule has 10 nitrogen and oxygen atoms in total. The molecule has 2 N–H and O–H groups in total. The molecular weight excluding hydrogens is 364 g/mol. The van der Waals surface area contributed by atoms with E-state index in [1.165, 1.54) is 13.4 Å². The molecule has 1 fully saturated rings. The molecule has 10 heteroatoms. The van der Waals surface area contributed by atoms with Crippen molar-refractivity contribution in [3.05, 3.63) is 46.3 Å². The summed E-state index contributed by atoms with van der Waals surface area (Å²) >= 11 is 0. The molecule has 0 radical (unpaired) electrons. The van der Waals surface area contributed by atoms with E-state index in [-0.39, 0.29) is 23.4 Å². The number of piperidine rings is 1. The lowest BCUT2D eigenvalue weighted by molar-refractivity contribution is -0.383. The molecule has 1 amide bonds. The summed E-state index contributed by atoms with van der Waals surface area (Å²) < 4.78 is 5.06. The van der Waals surface area contributed by atoms with Crippen LogP contribution in [0.3, 0.4) is 0 Å². The number of rotatable bonds is 6. The number of nitrogens with zero attached hydrogens (tertiary/aromatic N) is 4. The first kappa shape index (κ1) is 19.3. The van der Waals surface area contributed by atoms with Crippen LogP contribution < -0.4 is 20.5 Å². The third-order valence-corrected chi connectivity index (χ3v) is 4.71. The van der Waals surface area contributed by atoms with Gasteiger partial charge in [-0.3, -0.25) is 25.8 Å². The number of hydrazine groups is 1. The number of hydrogen-bond acceptors (Lipinski definition) is 8. The van der Waals surface area contributed by atoms with E-state index in [4.69, 9.17) is 4.74 Å². The zero-order valence-corrected chi connectivity index (χ0v) is 15.7. The van der Waals surface area contributed by atoms with Gasteiger partial charge in [-0.25, -0.2) is 9.97 Å². The van der Waals surface area contributed by atoms with Gasteiger partial charge < -0.3 is 9.64 Å². The maximum absolute atomic E-state index is 12.3. The average Bonchev–Trinajstić information content (AvgIpc) is 2.72. The largest absolute Gasteiger partial charge is 0.497 e. The molecule has 1 atom stereocenters. The number of amides is 1. The van der Waals surface area contributed by atoms with E-state index in [2.05, 4.69) is 20.8 Å². The Morgan fingerprint density at radius 3 is 2.68 bits per heavy atom. The summed E-state index contributed by atoms with van der Waals surface area (Å²) in [5.74, 6) is 0.364. The second kappa shape index (κ2) is 8.51. The van der Waals surface area contributed by atoms with Gasteiger partial charge in [0.15, 0.2) is 0 Å².